The van der Waals surface area contributed by atoms with Crippen molar-refractivity contribution in [3.8, 4) is 5.75 Å². The molecule has 1 atom stereocenters. The van der Waals surface area contributed by atoms with Gasteiger partial charge in [-0.15, -0.1) is 0 Å². The Balaban J connectivity index is 2.00. The fraction of sp³-hybridized carbons (Fsp3) is 0.533. The molecule has 0 aromatic heterocycles. The predicted molar refractivity (Wildman–Crippen MR) is 73.5 cm³/mol. The van der Waals surface area contributed by atoms with Crippen LogP contribution in [0.2, 0.25) is 0 Å². The quantitative estimate of drug-likeness (QED) is 0.854. The van der Waals surface area contributed by atoms with Crippen molar-refractivity contribution < 1.29 is 14.6 Å². The zero-order valence-corrected chi connectivity index (χ0v) is 11.3. The van der Waals surface area contributed by atoms with Crippen LogP contribution < -0.4 is 10.1 Å². The van der Waals surface area contributed by atoms with Gasteiger partial charge in [-0.25, -0.2) is 0 Å². The molecule has 19 heavy (non-hydrogen) atoms. The van der Waals surface area contributed by atoms with Crippen molar-refractivity contribution in [3.05, 3.63) is 29.8 Å². The van der Waals surface area contributed by atoms with Gasteiger partial charge in [0.1, 0.15) is 5.75 Å². The first kappa shape index (κ1) is 13.9. The molecule has 0 bridgehead atoms. The van der Waals surface area contributed by atoms with Crippen molar-refractivity contribution >= 4 is 5.97 Å². The van der Waals surface area contributed by atoms with Crippen LogP contribution in [0, 0.1) is 5.41 Å². The van der Waals surface area contributed by atoms with E-state index in [-0.39, 0.29) is 0 Å². The van der Waals surface area contributed by atoms with Crippen LogP contribution in [0.5, 0.6) is 5.75 Å². The van der Waals surface area contributed by atoms with Gasteiger partial charge >= 0.3 is 5.97 Å². The average Bonchev–Trinajstić information content (AvgIpc) is 2.46. The normalized spacial score (nSPS) is 23.0. The van der Waals surface area contributed by atoms with E-state index in [0.717, 1.165) is 37.1 Å². The molecular formula is C15H21NO3. The first-order chi connectivity index (χ1) is 9.16. The number of benzene rings is 1. The molecule has 4 nitrogen and oxygen atoms in total. The molecule has 104 valence electrons. The minimum atomic E-state index is -0.673. The van der Waals surface area contributed by atoms with Crippen LogP contribution in [0.3, 0.4) is 0 Å². The van der Waals surface area contributed by atoms with Gasteiger partial charge in [-0.05, 0) is 49.9 Å². The fourth-order valence-corrected chi connectivity index (χ4v) is 2.65. The molecule has 1 aliphatic rings. The number of carboxylic acids is 1. The lowest BCUT2D eigenvalue weighted by molar-refractivity contribution is -0.150. The zero-order chi connectivity index (χ0) is 13.7. The van der Waals surface area contributed by atoms with E-state index < -0.39 is 11.4 Å². The second-order valence-corrected chi connectivity index (χ2v) is 5.21. The number of hydrogen-bond donors (Lipinski definition) is 2. The highest BCUT2D eigenvalue weighted by Gasteiger charge is 2.39. The summed E-state index contributed by atoms with van der Waals surface area (Å²) in [7, 11) is 1.64. The van der Waals surface area contributed by atoms with Crippen molar-refractivity contribution in [1.82, 2.24) is 5.32 Å². The third-order valence-electron chi connectivity index (χ3n) is 3.98. The molecule has 4 heteroatoms. The fourth-order valence-electron chi connectivity index (χ4n) is 2.65. The number of rotatable bonds is 5. The van der Waals surface area contributed by atoms with E-state index in [1.807, 2.05) is 24.3 Å². The molecule has 1 aromatic rings. The van der Waals surface area contributed by atoms with Crippen molar-refractivity contribution in [1.29, 1.82) is 0 Å². The van der Waals surface area contributed by atoms with Crippen molar-refractivity contribution in [3.63, 3.8) is 0 Å². The molecule has 0 amide bonds. The summed E-state index contributed by atoms with van der Waals surface area (Å²) < 4.78 is 5.12. The van der Waals surface area contributed by atoms with Crippen LogP contribution in [-0.4, -0.2) is 31.3 Å². The van der Waals surface area contributed by atoms with Crippen LogP contribution in [-0.2, 0) is 11.2 Å². The lowest BCUT2D eigenvalue weighted by Gasteiger charge is -2.33. The molecular weight excluding hydrogens is 242 g/mol. The van der Waals surface area contributed by atoms with Gasteiger partial charge in [-0.3, -0.25) is 4.79 Å². The van der Waals surface area contributed by atoms with Gasteiger partial charge in [-0.1, -0.05) is 12.1 Å². The van der Waals surface area contributed by atoms with E-state index in [0.29, 0.717) is 13.0 Å². The Labute approximate surface area is 113 Å². The van der Waals surface area contributed by atoms with Gasteiger partial charge in [0.25, 0.3) is 0 Å². The lowest BCUT2D eigenvalue weighted by atomic mass is 9.76. The Morgan fingerprint density at radius 1 is 1.42 bits per heavy atom. The number of methoxy groups -OCH3 is 1. The van der Waals surface area contributed by atoms with E-state index >= 15 is 0 Å². The highest BCUT2D eigenvalue weighted by atomic mass is 16.5. The van der Waals surface area contributed by atoms with Gasteiger partial charge < -0.3 is 15.2 Å². The van der Waals surface area contributed by atoms with Gasteiger partial charge in [-0.2, -0.15) is 0 Å². The average molecular weight is 263 g/mol. The van der Waals surface area contributed by atoms with Gasteiger partial charge in [0.2, 0.25) is 0 Å². The zero-order valence-electron chi connectivity index (χ0n) is 11.3. The molecule has 1 unspecified atom stereocenters. The second-order valence-electron chi connectivity index (χ2n) is 5.21. The number of hydrogen-bond acceptors (Lipinski definition) is 3. The first-order valence-corrected chi connectivity index (χ1v) is 6.73. The molecule has 2 N–H and O–H groups in total. The number of nitrogens with one attached hydrogen (secondary N) is 1. The Morgan fingerprint density at radius 3 is 2.68 bits per heavy atom. The Hall–Kier alpha value is -1.55. The van der Waals surface area contributed by atoms with Gasteiger partial charge in [0.15, 0.2) is 0 Å². The molecule has 0 spiro atoms. The molecule has 1 fully saturated rings. The molecule has 0 radical (unpaired) electrons. The topological polar surface area (TPSA) is 58.6 Å². The van der Waals surface area contributed by atoms with Crippen LogP contribution in [0.1, 0.15) is 24.8 Å². The maximum absolute atomic E-state index is 11.5. The van der Waals surface area contributed by atoms with Crippen LogP contribution in [0.15, 0.2) is 24.3 Å². The first-order valence-electron chi connectivity index (χ1n) is 6.73. The van der Waals surface area contributed by atoms with Crippen LogP contribution in [0.25, 0.3) is 0 Å². The SMILES string of the molecule is COc1ccc(CCC2(C(=O)O)CCCNC2)cc1. The van der Waals surface area contributed by atoms with E-state index in [2.05, 4.69) is 5.32 Å². The predicted octanol–water partition coefficient (Wildman–Crippen LogP) is 2.08. The second kappa shape index (κ2) is 6.06. The summed E-state index contributed by atoms with van der Waals surface area (Å²) in [5.74, 6) is 0.157. The highest BCUT2D eigenvalue weighted by Crippen LogP contribution is 2.32. The standard InChI is InChI=1S/C15H21NO3/c1-19-13-5-3-12(4-6-13)7-9-15(14(17)18)8-2-10-16-11-15/h3-6,16H,2,7-11H2,1H3,(H,17,18). The third-order valence-corrected chi connectivity index (χ3v) is 3.98. The molecule has 1 aromatic carbocycles. The maximum Gasteiger partial charge on any atom is 0.310 e. The number of carbonyl (C=O) groups is 1. The number of aliphatic carboxylic acids is 1. The highest BCUT2D eigenvalue weighted by molar-refractivity contribution is 5.75. The van der Waals surface area contributed by atoms with E-state index in [9.17, 15) is 9.90 Å². The lowest BCUT2D eigenvalue weighted by Crippen LogP contribution is -2.45. The monoisotopic (exact) mass is 263 g/mol. The summed E-state index contributed by atoms with van der Waals surface area (Å²) in [6.07, 6.45) is 3.18. The van der Waals surface area contributed by atoms with E-state index in [4.69, 9.17) is 4.74 Å². The smallest absolute Gasteiger partial charge is 0.310 e. The van der Waals surface area contributed by atoms with Crippen molar-refractivity contribution in [2.24, 2.45) is 5.41 Å². The summed E-state index contributed by atoms with van der Waals surface area (Å²) >= 11 is 0. The summed E-state index contributed by atoms with van der Waals surface area (Å²) in [5.41, 5.74) is 0.560. The largest absolute Gasteiger partial charge is 0.497 e. The maximum atomic E-state index is 11.5. The molecule has 0 aliphatic carbocycles. The minimum absolute atomic E-state index is 0.582. The Morgan fingerprint density at radius 2 is 2.16 bits per heavy atom. The Bertz CT molecular complexity index is 422. The van der Waals surface area contributed by atoms with Crippen LogP contribution >= 0.6 is 0 Å². The molecule has 1 saturated heterocycles. The number of piperidine rings is 1. The van der Waals surface area contributed by atoms with E-state index in [1.165, 1.54) is 0 Å². The molecule has 2 rings (SSSR count). The summed E-state index contributed by atoms with van der Waals surface area (Å²) in [6, 6.07) is 7.85. The van der Waals surface area contributed by atoms with E-state index in [1.54, 1.807) is 7.11 Å². The third kappa shape index (κ3) is 3.26. The van der Waals surface area contributed by atoms with Crippen molar-refractivity contribution in [2.45, 2.75) is 25.7 Å². The summed E-state index contributed by atoms with van der Waals surface area (Å²) in [4.78, 5) is 11.5. The summed E-state index contributed by atoms with van der Waals surface area (Å²) in [5, 5.41) is 12.7. The van der Waals surface area contributed by atoms with Crippen molar-refractivity contribution in [2.75, 3.05) is 20.2 Å². The molecule has 0 saturated carbocycles. The molecule has 1 aliphatic heterocycles. The number of aryl methyl sites for hydroxylation is 1. The minimum Gasteiger partial charge on any atom is -0.497 e. The van der Waals surface area contributed by atoms with Gasteiger partial charge in [0, 0.05) is 6.54 Å². The Kier molecular flexibility index (Phi) is 4.43. The summed E-state index contributed by atoms with van der Waals surface area (Å²) in [6.45, 7) is 1.51. The number of ether oxygens (including phenoxy) is 1. The van der Waals surface area contributed by atoms with Gasteiger partial charge in [0.05, 0.1) is 12.5 Å². The number of carboxylic acid groups (broad SMARTS) is 1. The van der Waals surface area contributed by atoms with Crippen LogP contribution in [0.4, 0.5) is 0 Å². The molecule has 1 heterocycles.